The summed E-state index contributed by atoms with van der Waals surface area (Å²) in [6.07, 6.45) is 0.735. The van der Waals surface area contributed by atoms with E-state index in [1.54, 1.807) is 0 Å². The topological polar surface area (TPSA) is 26.0 Å². The third-order valence-electron chi connectivity index (χ3n) is 2.57. The molecule has 0 saturated heterocycles. The van der Waals surface area contributed by atoms with Crippen LogP contribution in [-0.2, 0) is 5.00 Å². The largest absolute Gasteiger partial charge is 0.309 e. The van der Waals surface area contributed by atoms with Crippen LogP contribution in [0.1, 0.15) is 30.0 Å². The fourth-order valence-electron chi connectivity index (χ4n) is 1.39. The zero-order valence-electron chi connectivity index (χ0n) is 8.39. The maximum absolute atomic E-state index is 6.20. The van der Waals surface area contributed by atoms with Crippen LogP contribution in [0.15, 0.2) is 18.2 Å². The van der Waals surface area contributed by atoms with Gasteiger partial charge in [-0.3, -0.25) is 0 Å². The lowest BCUT2D eigenvalue weighted by Crippen LogP contribution is -2.30. The van der Waals surface area contributed by atoms with Crippen LogP contribution >= 0.6 is 11.6 Å². The molecule has 1 aromatic rings. The van der Waals surface area contributed by atoms with Gasteiger partial charge in [0, 0.05) is 0 Å². The first-order valence-corrected chi connectivity index (χ1v) is 4.91. The number of hydrogen-bond donors (Lipinski definition) is 1. The molecule has 1 atom stereocenters. The molecule has 1 rings (SSSR count). The molecular formula is C11H16ClN. The minimum Gasteiger partial charge on any atom is -0.309 e. The van der Waals surface area contributed by atoms with E-state index in [4.69, 9.17) is 17.3 Å². The Labute approximate surface area is 84.9 Å². The molecule has 0 aromatic heterocycles. The Morgan fingerprint density at radius 1 is 1.38 bits per heavy atom. The van der Waals surface area contributed by atoms with Crippen molar-refractivity contribution in [2.45, 2.75) is 32.2 Å². The summed E-state index contributed by atoms with van der Waals surface area (Å²) in [7, 11) is 0. The monoisotopic (exact) mass is 197 g/mol. The average molecular weight is 198 g/mol. The van der Waals surface area contributed by atoms with Crippen LogP contribution in [0.2, 0.25) is 0 Å². The second-order valence-electron chi connectivity index (χ2n) is 3.46. The zero-order valence-corrected chi connectivity index (χ0v) is 9.15. The van der Waals surface area contributed by atoms with Crippen molar-refractivity contribution >= 4 is 11.6 Å². The van der Waals surface area contributed by atoms with Crippen LogP contribution in [0.4, 0.5) is 0 Å². The van der Waals surface area contributed by atoms with Crippen LogP contribution in [-0.4, -0.2) is 0 Å². The summed E-state index contributed by atoms with van der Waals surface area (Å²) in [5, 5.41) is 0. The summed E-state index contributed by atoms with van der Waals surface area (Å²) in [6, 6.07) is 6.07. The van der Waals surface area contributed by atoms with Gasteiger partial charge in [0.05, 0.1) is 0 Å². The van der Waals surface area contributed by atoms with Gasteiger partial charge in [0.15, 0.2) is 0 Å². The summed E-state index contributed by atoms with van der Waals surface area (Å²) in [4.78, 5) is -0.712. The average Bonchev–Trinajstić information content (AvgIpc) is 2.09. The Morgan fingerprint density at radius 3 is 2.54 bits per heavy atom. The molecule has 0 bridgehead atoms. The summed E-state index contributed by atoms with van der Waals surface area (Å²) in [5.74, 6) is 0. The van der Waals surface area contributed by atoms with E-state index in [9.17, 15) is 0 Å². The summed E-state index contributed by atoms with van der Waals surface area (Å²) in [6.45, 7) is 6.13. The Balaban J connectivity index is 3.22. The highest BCUT2D eigenvalue weighted by Crippen LogP contribution is 2.30. The molecule has 0 saturated carbocycles. The first-order valence-electron chi connectivity index (χ1n) is 4.53. The van der Waals surface area contributed by atoms with E-state index < -0.39 is 5.00 Å². The highest BCUT2D eigenvalue weighted by Gasteiger charge is 2.23. The van der Waals surface area contributed by atoms with E-state index in [-0.39, 0.29) is 0 Å². The Hall–Kier alpha value is -0.530. The van der Waals surface area contributed by atoms with Gasteiger partial charge in [-0.25, -0.2) is 0 Å². The van der Waals surface area contributed by atoms with Crippen LogP contribution in [0.3, 0.4) is 0 Å². The molecule has 0 aliphatic carbocycles. The van der Waals surface area contributed by atoms with E-state index in [1.807, 2.05) is 19.1 Å². The molecule has 0 fully saturated rings. The van der Waals surface area contributed by atoms with E-state index in [1.165, 1.54) is 11.1 Å². The highest BCUT2D eigenvalue weighted by atomic mass is 35.5. The molecule has 1 unspecified atom stereocenters. The number of nitrogens with two attached hydrogens (primary N) is 1. The Morgan fingerprint density at radius 2 is 2.00 bits per heavy atom. The number of benzene rings is 1. The minimum absolute atomic E-state index is 0.712. The lowest BCUT2D eigenvalue weighted by molar-refractivity contribution is 0.612. The van der Waals surface area contributed by atoms with Crippen molar-refractivity contribution in [3.63, 3.8) is 0 Å². The third-order valence-corrected chi connectivity index (χ3v) is 3.04. The number of alkyl halides is 1. The van der Waals surface area contributed by atoms with Gasteiger partial charge in [-0.1, -0.05) is 36.7 Å². The number of aryl methyl sites for hydroxylation is 1. The first-order chi connectivity index (χ1) is 5.99. The van der Waals surface area contributed by atoms with Gasteiger partial charge in [-0.2, -0.15) is 0 Å². The standard InChI is InChI=1S/C11H16ClN/c1-4-11(12,13)10-7-5-6-8(2)9(10)3/h5-7H,4,13H2,1-3H3. The van der Waals surface area contributed by atoms with Crippen molar-refractivity contribution in [3.05, 3.63) is 34.9 Å². The van der Waals surface area contributed by atoms with Gasteiger partial charge < -0.3 is 5.73 Å². The molecule has 2 heteroatoms. The SMILES string of the molecule is CCC(N)(Cl)c1cccc(C)c1C. The molecule has 1 nitrogen and oxygen atoms in total. The Bertz CT molecular complexity index is 305. The predicted octanol–water partition coefficient (Wildman–Crippen LogP) is 3.06. The van der Waals surface area contributed by atoms with E-state index in [0.717, 1.165) is 12.0 Å². The highest BCUT2D eigenvalue weighted by molar-refractivity contribution is 6.23. The molecule has 0 heterocycles. The predicted molar refractivity (Wildman–Crippen MR) is 57.9 cm³/mol. The van der Waals surface area contributed by atoms with Crippen LogP contribution < -0.4 is 5.73 Å². The third kappa shape index (κ3) is 2.04. The Kier molecular flexibility index (Phi) is 2.99. The van der Waals surface area contributed by atoms with Crippen molar-refractivity contribution in [1.29, 1.82) is 0 Å². The molecular weight excluding hydrogens is 182 g/mol. The lowest BCUT2D eigenvalue weighted by Gasteiger charge is -2.23. The van der Waals surface area contributed by atoms with Crippen molar-refractivity contribution < 1.29 is 0 Å². The smallest absolute Gasteiger partial charge is 0.117 e. The zero-order chi connectivity index (χ0) is 10.1. The number of rotatable bonds is 2. The lowest BCUT2D eigenvalue weighted by atomic mass is 9.96. The first kappa shape index (κ1) is 10.6. The second-order valence-corrected chi connectivity index (χ2v) is 4.14. The van der Waals surface area contributed by atoms with Gasteiger partial charge >= 0.3 is 0 Å². The van der Waals surface area contributed by atoms with Gasteiger partial charge in [0.25, 0.3) is 0 Å². The van der Waals surface area contributed by atoms with Crippen LogP contribution in [0.25, 0.3) is 0 Å². The molecule has 13 heavy (non-hydrogen) atoms. The van der Waals surface area contributed by atoms with Crippen LogP contribution in [0.5, 0.6) is 0 Å². The van der Waals surface area contributed by atoms with Crippen molar-refractivity contribution in [2.75, 3.05) is 0 Å². The van der Waals surface area contributed by atoms with Crippen molar-refractivity contribution in [3.8, 4) is 0 Å². The van der Waals surface area contributed by atoms with E-state index in [0.29, 0.717) is 0 Å². The summed E-state index contributed by atoms with van der Waals surface area (Å²) < 4.78 is 0. The van der Waals surface area contributed by atoms with Crippen molar-refractivity contribution in [2.24, 2.45) is 5.73 Å². The molecule has 1 aromatic carbocycles. The van der Waals surface area contributed by atoms with Crippen LogP contribution in [0, 0.1) is 13.8 Å². The summed E-state index contributed by atoms with van der Waals surface area (Å²) in [5.41, 5.74) is 9.44. The molecule has 0 radical (unpaired) electrons. The quantitative estimate of drug-likeness (QED) is 0.573. The van der Waals surface area contributed by atoms with E-state index in [2.05, 4.69) is 19.9 Å². The maximum atomic E-state index is 6.20. The molecule has 0 spiro atoms. The number of hydrogen-bond acceptors (Lipinski definition) is 1. The van der Waals surface area contributed by atoms with Crippen molar-refractivity contribution in [1.82, 2.24) is 0 Å². The van der Waals surface area contributed by atoms with E-state index >= 15 is 0 Å². The molecule has 0 aliphatic rings. The second kappa shape index (κ2) is 3.69. The maximum Gasteiger partial charge on any atom is 0.117 e. The fraction of sp³-hybridized carbons (Fsp3) is 0.455. The molecule has 0 aliphatic heterocycles. The molecule has 2 N–H and O–H groups in total. The number of halogens is 1. The summed E-state index contributed by atoms with van der Waals surface area (Å²) >= 11 is 6.20. The van der Waals surface area contributed by atoms with Gasteiger partial charge in [0.2, 0.25) is 0 Å². The molecule has 72 valence electrons. The van der Waals surface area contributed by atoms with Gasteiger partial charge in [0.1, 0.15) is 5.00 Å². The fourth-order valence-corrected chi connectivity index (χ4v) is 1.60. The molecule has 0 amide bonds. The van der Waals surface area contributed by atoms with Gasteiger partial charge in [-0.05, 0) is 37.0 Å². The normalized spacial score (nSPS) is 15.5. The minimum atomic E-state index is -0.712. The van der Waals surface area contributed by atoms with Gasteiger partial charge in [-0.15, -0.1) is 0 Å².